The Morgan fingerprint density at radius 1 is 1.42 bits per heavy atom. The normalized spacial score (nSPS) is 16.5. The number of nitrogens with zero attached hydrogens (tertiary/aromatic N) is 6. The van der Waals surface area contributed by atoms with Crippen molar-refractivity contribution in [3.05, 3.63) is 61.7 Å². The molecule has 0 aliphatic carbocycles. The summed E-state index contributed by atoms with van der Waals surface area (Å²) in [5, 5.41) is 8.65. The molecule has 0 spiro atoms. The maximum Gasteiger partial charge on any atom is 0.276 e. The maximum atomic E-state index is 13.1. The molecule has 0 unspecified atom stereocenters. The van der Waals surface area contributed by atoms with Crippen molar-refractivity contribution < 1.29 is 9.53 Å². The number of amides is 1. The van der Waals surface area contributed by atoms with Crippen LogP contribution in [-0.4, -0.2) is 59.4 Å². The van der Waals surface area contributed by atoms with E-state index in [9.17, 15) is 9.59 Å². The fourth-order valence-corrected chi connectivity index (χ4v) is 4.53. The third kappa shape index (κ3) is 3.75. The lowest BCUT2D eigenvalue weighted by molar-refractivity contribution is 0.0449. The number of H-pyrrole nitrogens is 1. The molecule has 1 aliphatic heterocycles. The van der Waals surface area contributed by atoms with E-state index < -0.39 is 0 Å². The number of fused-ring (bicyclic) bond motifs is 1. The lowest BCUT2D eigenvalue weighted by Gasteiger charge is -2.16. The number of halogens is 1. The van der Waals surface area contributed by atoms with Gasteiger partial charge in [0.2, 0.25) is 5.95 Å². The molecule has 5 rings (SSSR count). The molecule has 4 aromatic rings. The van der Waals surface area contributed by atoms with Gasteiger partial charge in [-0.2, -0.15) is 5.10 Å². The number of thiazole rings is 1. The van der Waals surface area contributed by atoms with Crippen molar-refractivity contribution in [3.8, 4) is 5.95 Å². The van der Waals surface area contributed by atoms with Crippen LogP contribution in [0.2, 0.25) is 4.47 Å². The summed E-state index contributed by atoms with van der Waals surface area (Å²) in [5.41, 5.74) is 1.22. The first-order valence-corrected chi connectivity index (χ1v) is 10.8. The SMILES string of the molecule is Cc1c(C(=O)N2CC[C@@H](OCc3cnc(Cl)s3)C2)cnn1-c1nn2cccc2c(=O)[nH]1. The van der Waals surface area contributed by atoms with Crippen molar-refractivity contribution in [3.63, 3.8) is 0 Å². The molecule has 5 heterocycles. The lowest BCUT2D eigenvalue weighted by atomic mass is 10.2. The van der Waals surface area contributed by atoms with E-state index in [1.165, 1.54) is 26.7 Å². The first-order chi connectivity index (χ1) is 15.0. The number of likely N-dealkylation sites (tertiary alicyclic amines) is 1. The van der Waals surface area contributed by atoms with Crippen molar-refractivity contribution in [1.29, 1.82) is 0 Å². The third-order valence-corrected chi connectivity index (χ3v) is 6.34. The van der Waals surface area contributed by atoms with Crippen LogP contribution in [0.1, 0.15) is 27.3 Å². The van der Waals surface area contributed by atoms with Crippen LogP contribution >= 0.6 is 22.9 Å². The van der Waals surface area contributed by atoms with E-state index >= 15 is 0 Å². The predicted molar refractivity (Wildman–Crippen MR) is 114 cm³/mol. The van der Waals surface area contributed by atoms with Crippen LogP contribution in [0.4, 0.5) is 0 Å². The monoisotopic (exact) mass is 459 g/mol. The van der Waals surface area contributed by atoms with Crippen LogP contribution in [0.5, 0.6) is 0 Å². The fourth-order valence-electron chi connectivity index (χ4n) is 3.63. The fraction of sp³-hybridized carbons (Fsp3) is 0.316. The minimum absolute atomic E-state index is 0.0469. The van der Waals surface area contributed by atoms with E-state index in [0.29, 0.717) is 40.9 Å². The molecular formula is C19H18ClN7O3S. The molecule has 0 bridgehead atoms. The Morgan fingerprint density at radius 3 is 3.10 bits per heavy atom. The van der Waals surface area contributed by atoms with Gasteiger partial charge in [-0.1, -0.05) is 11.6 Å². The van der Waals surface area contributed by atoms with Crippen LogP contribution in [0.15, 0.2) is 35.5 Å². The first kappa shape index (κ1) is 19.9. The first-order valence-electron chi connectivity index (χ1n) is 9.63. The number of hydrogen-bond donors (Lipinski definition) is 1. The highest BCUT2D eigenvalue weighted by Gasteiger charge is 2.30. The molecule has 0 saturated carbocycles. The predicted octanol–water partition coefficient (Wildman–Crippen LogP) is 2.06. The molecule has 1 atom stereocenters. The van der Waals surface area contributed by atoms with Gasteiger partial charge >= 0.3 is 0 Å². The molecule has 1 aliphatic rings. The summed E-state index contributed by atoms with van der Waals surface area (Å²) in [7, 11) is 0. The van der Waals surface area contributed by atoms with Gasteiger partial charge in [-0.3, -0.25) is 14.6 Å². The Kier molecular flexibility index (Phi) is 5.08. The second-order valence-corrected chi connectivity index (χ2v) is 8.92. The molecule has 1 saturated heterocycles. The molecule has 4 aromatic heterocycles. The highest BCUT2D eigenvalue weighted by molar-refractivity contribution is 7.15. The quantitative estimate of drug-likeness (QED) is 0.489. The highest BCUT2D eigenvalue weighted by Crippen LogP contribution is 2.22. The van der Waals surface area contributed by atoms with Crippen LogP contribution in [0.3, 0.4) is 0 Å². The smallest absolute Gasteiger partial charge is 0.276 e. The van der Waals surface area contributed by atoms with Gasteiger partial charge in [-0.15, -0.1) is 16.4 Å². The molecule has 12 heteroatoms. The van der Waals surface area contributed by atoms with Gasteiger partial charge in [-0.05, 0) is 25.5 Å². The molecule has 1 fully saturated rings. The average Bonchev–Trinajstić information content (AvgIpc) is 3.53. The third-order valence-electron chi connectivity index (χ3n) is 5.25. The van der Waals surface area contributed by atoms with Gasteiger partial charge in [0.1, 0.15) is 5.52 Å². The number of rotatable bonds is 5. The Hall–Kier alpha value is -3.02. The van der Waals surface area contributed by atoms with E-state index in [1.54, 1.807) is 36.4 Å². The van der Waals surface area contributed by atoms with Crippen LogP contribution < -0.4 is 5.56 Å². The topological polar surface area (TPSA) is 110 Å². The van der Waals surface area contributed by atoms with Gasteiger partial charge in [0.25, 0.3) is 11.5 Å². The van der Waals surface area contributed by atoms with E-state index in [-0.39, 0.29) is 23.5 Å². The zero-order valence-corrected chi connectivity index (χ0v) is 18.1. The summed E-state index contributed by atoms with van der Waals surface area (Å²) in [4.78, 5) is 34.7. The number of carbonyl (C=O) groups excluding carboxylic acids is 1. The van der Waals surface area contributed by atoms with Crippen molar-refractivity contribution in [2.24, 2.45) is 0 Å². The maximum absolute atomic E-state index is 13.1. The van der Waals surface area contributed by atoms with Crippen molar-refractivity contribution in [1.82, 2.24) is 34.3 Å². The summed E-state index contributed by atoms with van der Waals surface area (Å²) in [5.74, 6) is 0.121. The van der Waals surface area contributed by atoms with Crippen LogP contribution in [0.25, 0.3) is 11.5 Å². The summed E-state index contributed by atoms with van der Waals surface area (Å²) < 4.78 is 9.35. The minimum Gasteiger partial charge on any atom is -0.371 e. The van der Waals surface area contributed by atoms with Gasteiger partial charge in [0.05, 0.1) is 35.0 Å². The van der Waals surface area contributed by atoms with Crippen molar-refractivity contribution in [2.45, 2.75) is 26.1 Å². The van der Waals surface area contributed by atoms with Gasteiger partial charge in [-0.25, -0.2) is 14.2 Å². The van der Waals surface area contributed by atoms with Crippen molar-refractivity contribution >= 4 is 34.4 Å². The van der Waals surface area contributed by atoms with E-state index in [1.807, 2.05) is 0 Å². The van der Waals surface area contributed by atoms with Crippen molar-refractivity contribution in [2.75, 3.05) is 13.1 Å². The van der Waals surface area contributed by atoms with E-state index in [0.717, 1.165) is 11.3 Å². The molecule has 160 valence electrons. The minimum atomic E-state index is -0.278. The van der Waals surface area contributed by atoms with Crippen LogP contribution in [-0.2, 0) is 11.3 Å². The standard InChI is InChI=1S/C19H18ClN7O3S/c1-11-14(8-22-27(11)19-23-16(28)15-3-2-5-26(15)24-19)17(29)25-6-4-12(9-25)30-10-13-7-21-18(20)31-13/h2-3,5,7-8,12H,4,6,9-10H2,1H3,(H,23,24,28)/t12-/m1/s1. The molecule has 1 amide bonds. The summed E-state index contributed by atoms with van der Waals surface area (Å²) >= 11 is 7.23. The Labute approximate surface area is 185 Å². The largest absolute Gasteiger partial charge is 0.371 e. The van der Waals surface area contributed by atoms with Crippen LogP contribution in [0, 0.1) is 6.92 Å². The number of ether oxygens (including phenoxy) is 1. The van der Waals surface area contributed by atoms with E-state index in [4.69, 9.17) is 16.3 Å². The summed E-state index contributed by atoms with van der Waals surface area (Å²) in [6, 6.07) is 3.41. The summed E-state index contributed by atoms with van der Waals surface area (Å²) in [6.07, 6.45) is 5.60. The number of nitrogens with one attached hydrogen (secondary N) is 1. The zero-order valence-electron chi connectivity index (χ0n) is 16.5. The number of aromatic amines is 1. The van der Waals surface area contributed by atoms with Gasteiger partial charge in [0, 0.05) is 25.5 Å². The molecule has 1 N–H and O–H groups in total. The second kappa shape index (κ2) is 7.91. The molecule has 10 nitrogen and oxygen atoms in total. The molecule has 0 radical (unpaired) electrons. The summed E-state index contributed by atoms with van der Waals surface area (Å²) in [6.45, 7) is 3.30. The second-order valence-electron chi connectivity index (χ2n) is 7.22. The lowest BCUT2D eigenvalue weighted by Crippen LogP contribution is -2.30. The Balaban J connectivity index is 1.30. The highest BCUT2D eigenvalue weighted by atomic mass is 35.5. The molecule has 31 heavy (non-hydrogen) atoms. The molecular weight excluding hydrogens is 442 g/mol. The number of hydrogen-bond acceptors (Lipinski definition) is 7. The Bertz CT molecular complexity index is 1320. The number of carbonyl (C=O) groups is 1. The molecule has 0 aromatic carbocycles. The van der Waals surface area contributed by atoms with E-state index in [2.05, 4.69) is 20.2 Å². The van der Waals surface area contributed by atoms with Gasteiger partial charge < -0.3 is 9.64 Å². The average molecular weight is 460 g/mol. The zero-order chi connectivity index (χ0) is 21.5. The Morgan fingerprint density at radius 2 is 2.29 bits per heavy atom. The number of aromatic nitrogens is 6. The van der Waals surface area contributed by atoms with Gasteiger partial charge in [0.15, 0.2) is 4.47 Å².